The van der Waals surface area contributed by atoms with Gasteiger partial charge in [0.2, 0.25) is 0 Å². The minimum atomic E-state index is -4.55. The summed E-state index contributed by atoms with van der Waals surface area (Å²) in [6.07, 6.45) is -4.55. The molecule has 0 radical (unpaired) electrons. The maximum Gasteiger partial charge on any atom is 0.437 e. The number of rotatable bonds is 1. The molecule has 1 heterocycles. The lowest BCUT2D eigenvalue weighted by molar-refractivity contribution is -0.140. The maximum atomic E-state index is 12.2. The molecular formula is C6H7ClF3N3. The Morgan fingerprint density at radius 3 is 2.31 bits per heavy atom. The molecule has 74 valence electrons. The van der Waals surface area contributed by atoms with Gasteiger partial charge in [-0.2, -0.15) is 18.3 Å². The highest BCUT2D eigenvalue weighted by atomic mass is 35.5. The van der Waals surface area contributed by atoms with Crippen LogP contribution >= 0.6 is 11.6 Å². The molecule has 3 nitrogen and oxygen atoms in total. The van der Waals surface area contributed by atoms with Crippen molar-refractivity contribution in [2.75, 3.05) is 5.73 Å². The highest BCUT2D eigenvalue weighted by molar-refractivity contribution is 6.32. The van der Waals surface area contributed by atoms with Crippen LogP contribution in [-0.4, -0.2) is 9.78 Å². The zero-order chi connectivity index (χ0) is 10.2. The third kappa shape index (κ3) is 1.72. The smallest absolute Gasteiger partial charge is 0.394 e. The number of hydrogen-bond donors (Lipinski definition) is 1. The fourth-order valence-corrected chi connectivity index (χ4v) is 1.12. The van der Waals surface area contributed by atoms with Crippen molar-refractivity contribution in [3.8, 4) is 0 Å². The normalized spacial score (nSPS) is 12.1. The molecule has 7 heteroatoms. The molecule has 1 rings (SSSR count). The van der Waals surface area contributed by atoms with E-state index in [1.54, 1.807) is 6.92 Å². The SMILES string of the molecule is CCn1nc(C(F)(F)F)c(N)c1Cl. The van der Waals surface area contributed by atoms with Gasteiger partial charge in [-0.3, -0.25) is 4.68 Å². The molecule has 1 aromatic heterocycles. The third-order valence-electron chi connectivity index (χ3n) is 1.49. The molecular weight excluding hydrogens is 207 g/mol. The Labute approximate surface area is 77.3 Å². The van der Waals surface area contributed by atoms with Crippen LogP contribution in [0.1, 0.15) is 12.6 Å². The van der Waals surface area contributed by atoms with Gasteiger partial charge >= 0.3 is 6.18 Å². The number of aryl methyl sites for hydroxylation is 1. The molecule has 0 aliphatic heterocycles. The molecule has 13 heavy (non-hydrogen) atoms. The van der Waals surface area contributed by atoms with Crippen molar-refractivity contribution >= 4 is 17.3 Å². The third-order valence-corrected chi connectivity index (χ3v) is 1.89. The standard InChI is InChI=1S/C6H7ClF3N3/c1-2-13-5(7)3(11)4(12-13)6(8,9)10/h2,11H2,1H3. The Bertz CT molecular complexity index is 318. The van der Waals surface area contributed by atoms with E-state index < -0.39 is 17.6 Å². The average molecular weight is 214 g/mol. The second-order valence-corrected chi connectivity index (χ2v) is 2.72. The van der Waals surface area contributed by atoms with E-state index in [4.69, 9.17) is 17.3 Å². The molecule has 0 unspecified atom stereocenters. The number of anilines is 1. The van der Waals surface area contributed by atoms with Crippen LogP contribution in [0.15, 0.2) is 0 Å². The van der Waals surface area contributed by atoms with Crippen LogP contribution in [0.4, 0.5) is 18.9 Å². The molecule has 0 fully saturated rings. The van der Waals surface area contributed by atoms with Gasteiger partial charge in [0.1, 0.15) is 5.69 Å². The topological polar surface area (TPSA) is 43.8 Å². The molecule has 0 aliphatic carbocycles. The first-order chi connectivity index (χ1) is 5.88. The molecule has 0 saturated heterocycles. The van der Waals surface area contributed by atoms with E-state index >= 15 is 0 Å². The molecule has 0 saturated carbocycles. The quantitative estimate of drug-likeness (QED) is 0.777. The number of nitrogen functional groups attached to an aromatic ring is 1. The molecule has 0 amide bonds. The van der Waals surface area contributed by atoms with Crippen LogP contribution in [0.25, 0.3) is 0 Å². The largest absolute Gasteiger partial charge is 0.437 e. The number of hydrogen-bond acceptors (Lipinski definition) is 2. The summed E-state index contributed by atoms with van der Waals surface area (Å²) in [6.45, 7) is 1.87. The Hall–Kier alpha value is -0.910. The van der Waals surface area contributed by atoms with E-state index in [9.17, 15) is 13.2 Å². The van der Waals surface area contributed by atoms with Gasteiger partial charge < -0.3 is 5.73 Å². The first kappa shape index (κ1) is 10.2. The van der Waals surface area contributed by atoms with Crippen molar-refractivity contribution in [2.24, 2.45) is 0 Å². The molecule has 0 aliphatic rings. The molecule has 0 bridgehead atoms. The van der Waals surface area contributed by atoms with Gasteiger partial charge in [0, 0.05) is 6.54 Å². The Morgan fingerprint density at radius 2 is 2.08 bits per heavy atom. The van der Waals surface area contributed by atoms with E-state index in [0.29, 0.717) is 0 Å². The van der Waals surface area contributed by atoms with Crippen molar-refractivity contribution < 1.29 is 13.2 Å². The summed E-state index contributed by atoms with van der Waals surface area (Å²) in [5.41, 5.74) is 3.49. The number of nitrogens with two attached hydrogens (primary N) is 1. The van der Waals surface area contributed by atoms with E-state index in [1.807, 2.05) is 0 Å². The van der Waals surface area contributed by atoms with Gasteiger partial charge in [-0.05, 0) is 6.92 Å². The van der Waals surface area contributed by atoms with Gasteiger partial charge in [0.25, 0.3) is 0 Å². The van der Waals surface area contributed by atoms with E-state index in [2.05, 4.69) is 5.10 Å². The van der Waals surface area contributed by atoms with Gasteiger partial charge in [-0.15, -0.1) is 0 Å². The summed E-state index contributed by atoms with van der Waals surface area (Å²) >= 11 is 5.50. The fraction of sp³-hybridized carbons (Fsp3) is 0.500. The summed E-state index contributed by atoms with van der Waals surface area (Å²) in [6, 6.07) is 0. The van der Waals surface area contributed by atoms with Crippen molar-refractivity contribution in [2.45, 2.75) is 19.6 Å². The molecule has 0 aromatic carbocycles. The molecule has 0 spiro atoms. The van der Waals surface area contributed by atoms with Crippen LogP contribution in [0.2, 0.25) is 5.15 Å². The maximum absolute atomic E-state index is 12.2. The minimum absolute atomic E-state index is 0.171. The van der Waals surface area contributed by atoms with Crippen molar-refractivity contribution in [1.82, 2.24) is 9.78 Å². The molecule has 2 N–H and O–H groups in total. The summed E-state index contributed by atoms with van der Waals surface area (Å²) in [7, 11) is 0. The Kier molecular flexibility index (Phi) is 2.42. The highest BCUT2D eigenvalue weighted by Gasteiger charge is 2.38. The van der Waals surface area contributed by atoms with Crippen molar-refractivity contribution in [3.05, 3.63) is 10.8 Å². The second kappa shape index (κ2) is 3.10. The van der Waals surface area contributed by atoms with Crippen LogP contribution in [-0.2, 0) is 12.7 Å². The first-order valence-corrected chi connectivity index (χ1v) is 3.84. The second-order valence-electron chi connectivity index (χ2n) is 2.37. The Morgan fingerprint density at radius 1 is 1.54 bits per heavy atom. The molecule has 0 atom stereocenters. The van der Waals surface area contributed by atoms with Crippen LogP contribution < -0.4 is 5.73 Å². The number of halogens is 4. The van der Waals surface area contributed by atoms with Gasteiger partial charge in [0.15, 0.2) is 10.8 Å². The average Bonchev–Trinajstić information content (AvgIpc) is 2.28. The van der Waals surface area contributed by atoms with Crippen LogP contribution in [0.5, 0.6) is 0 Å². The minimum Gasteiger partial charge on any atom is -0.394 e. The number of nitrogens with zero attached hydrogens (tertiary/aromatic N) is 2. The summed E-state index contributed by atoms with van der Waals surface area (Å²) in [5, 5.41) is 3.06. The predicted molar refractivity (Wildman–Crippen MR) is 42.3 cm³/mol. The Balaban J connectivity index is 3.25. The van der Waals surface area contributed by atoms with E-state index in [0.717, 1.165) is 4.68 Å². The van der Waals surface area contributed by atoms with E-state index in [-0.39, 0.29) is 11.7 Å². The first-order valence-electron chi connectivity index (χ1n) is 3.47. The highest BCUT2D eigenvalue weighted by Crippen LogP contribution is 2.35. The summed E-state index contributed by atoms with van der Waals surface area (Å²) in [4.78, 5) is 0. The van der Waals surface area contributed by atoms with Gasteiger partial charge in [-0.25, -0.2) is 0 Å². The lowest BCUT2D eigenvalue weighted by Crippen LogP contribution is -2.09. The lowest BCUT2D eigenvalue weighted by Gasteiger charge is -2.01. The van der Waals surface area contributed by atoms with Gasteiger partial charge in [-0.1, -0.05) is 11.6 Å². The monoisotopic (exact) mass is 213 g/mol. The number of alkyl halides is 3. The fourth-order valence-electron chi connectivity index (χ4n) is 0.874. The lowest BCUT2D eigenvalue weighted by atomic mass is 10.4. The number of aromatic nitrogens is 2. The zero-order valence-electron chi connectivity index (χ0n) is 6.69. The van der Waals surface area contributed by atoms with E-state index in [1.165, 1.54) is 0 Å². The zero-order valence-corrected chi connectivity index (χ0v) is 7.45. The molecule has 1 aromatic rings. The summed E-state index contributed by atoms with van der Waals surface area (Å²) < 4.78 is 37.5. The van der Waals surface area contributed by atoms with Crippen molar-refractivity contribution in [3.63, 3.8) is 0 Å². The van der Waals surface area contributed by atoms with Crippen LogP contribution in [0.3, 0.4) is 0 Å². The predicted octanol–water partition coefficient (Wildman–Crippen LogP) is 2.16. The van der Waals surface area contributed by atoms with Crippen molar-refractivity contribution in [1.29, 1.82) is 0 Å². The van der Waals surface area contributed by atoms with Gasteiger partial charge in [0.05, 0.1) is 0 Å². The summed E-state index contributed by atoms with van der Waals surface area (Å²) in [5.74, 6) is 0. The van der Waals surface area contributed by atoms with Crippen LogP contribution in [0, 0.1) is 0 Å².